The van der Waals surface area contributed by atoms with Crippen molar-refractivity contribution in [3.8, 4) is 5.95 Å². The van der Waals surface area contributed by atoms with Gasteiger partial charge in [-0.1, -0.05) is 24.3 Å². The van der Waals surface area contributed by atoms with E-state index >= 15 is 0 Å². The van der Waals surface area contributed by atoms with Crippen LogP contribution in [0.3, 0.4) is 0 Å². The van der Waals surface area contributed by atoms with Gasteiger partial charge >= 0.3 is 5.69 Å². The van der Waals surface area contributed by atoms with Gasteiger partial charge < -0.3 is 10.8 Å². The number of imidazole rings is 2. The Morgan fingerprint density at radius 1 is 0.974 bits per heavy atom. The molecule has 2 aromatic carbocycles. The summed E-state index contributed by atoms with van der Waals surface area (Å²) >= 11 is 0. The number of benzene rings is 2. The summed E-state index contributed by atoms with van der Waals surface area (Å²) in [6, 6.07) is 16.7. The summed E-state index contributed by atoms with van der Waals surface area (Å²) < 4.78 is 5.23. The Bertz CT molecular complexity index is 1870. The lowest BCUT2D eigenvalue weighted by molar-refractivity contribution is 0.147. The number of aliphatic hydroxyl groups excluding tert-OH is 1. The molecule has 188 valence electrons. The summed E-state index contributed by atoms with van der Waals surface area (Å²) in [6.45, 7) is 0.356. The van der Waals surface area contributed by atoms with Crippen LogP contribution in [0.5, 0.6) is 0 Å². The highest BCUT2D eigenvalue weighted by atomic mass is 16.3. The van der Waals surface area contributed by atoms with Crippen molar-refractivity contribution in [3.63, 3.8) is 0 Å². The highest BCUT2D eigenvalue weighted by molar-refractivity contribution is 5.81. The van der Waals surface area contributed by atoms with Gasteiger partial charge in [0.2, 0.25) is 5.95 Å². The molecule has 1 aliphatic carbocycles. The molecule has 4 heterocycles. The molecule has 4 aromatic heterocycles. The van der Waals surface area contributed by atoms with Crippen molar-refractivity contribution in [3.05, 3.63) is 107 Å². The van der Waals surface area contributed by atoms with E-state index in [-0.39, 0.29) is 11.7 Å². The monoisotopic (exact) mass is 504 g/mol. The maximum Gasteiger partial charge on any atom is 0.331 e. The van der Waals surface area contributed by atoms with Crippen molar-refractivity contribution in [1.82, 2.24) is 33.6 Å². The average Bonchev–Trinajstić information content (AvgIpc) is 3.48. The number of nitrogen functional groups attached to an aromatic ring is 1. The van der Waals surface area contributed by atoms with E-state index in [0.717, 1.165) is 27.7 Å². The Morgan fingerprint density at radius 2 is 1.79 bits per heavy atom. The molecule has 7 rings (SSSR count). The first kappa shape index (κ1) is 22.4. The lowest BCUT2D eigenvalue weighted by Gasteiger charge is -2.29. The maximum atomic E-state index is 14.1. The Balaban J connectivity index is 1.47. The average molecular weight is 505 g/mol. The van der Waals surface area contributed by atoms with E-state index in [9.17, 15) is 9.90 Å². The maximum absolute atomic E-state index is 14.1. The molecule has 0 bridgehead atoms. The Morgan fingerprint density at radius 3 is 2.63 bits per heavy atom. The second kappa shape index (κ2) is 8.63. The fourth-order valence-electron chi connectivity index (χ4n) is 5.47. The van der Waals surface area contributed by atoms with Crippen molar-refractivity contribution < 1.29 is 5.11 Å². The number of hydrogen-bond donors (Lipinski definition) is 2. The van der Waals surface area contributed by atoms with E-state index in [1.54, 1.807) is 44.7 Å². The third kappa shape index (κ3) is 3.49. The second-order valence-electron chi connectivity index (χ2n) is 9.57. The van der Waals surface area contributed by atoms with Gasteiger partial charge in [-0.2, -0.15) is 4.98 Å². The molecule has 3 N–H and O–H groups in total. The van der Waals surface area contributed by atoms with Crippen LogP contribution in [0.1, 0.15) is 41.7 Å². The fourth-order valence-corrected chi connectivity index (χ4v) is 5.47. The molecule has 0 amide bonds. The van der Waals surface area contributed by atoms with Crippen molar-refractivity contribution >= 4 is 27.9 Å². The van der Waals surface area contributed by atoms with Crippen LogP contribution in [0.2, 0.25) is 0 Å². The van der Waals surface area contributed by atoms with E-state index in [2.05, 4.69) is 15.0 Å². The molecular weight excluding hydrogens is 480 g/mol. The van der Waals surface area contributed by atoms with Crippen molar-refractivity contribution in [2.75, 3.05) is 5.73 Å². The van der Waals surface area contributed by atoms with Crippen LogP contribution in [-0.4, -0.2) is 38.7 Å². The summed E-state index contributed by atoms with van der Waals surface area (Å²) in [5.74, 6) is 0.393. The largest absolute Gasteiger partial charge is 0.399 e. The van der Waals surface area contributed by atoms with Crippen LogP contribution in [0.4, 0.5) is 5.69 Å². The molecule has 6 aromatic rings. The lowest BCUT2D eigenvalue weighted by Crippen LogP contribution is -2.31. The molecule has 0 saturated heterocycles. The number of pyridine rings is 1. The van der Waals surface area contributed by atoms with Crippen molar-refractivity contribution in [2.45, 2.75) is 31.5 Å². The molecule has 10 nitrogen and oxygen atoms in total. The Labute approximate surface area is 216 Å². The number of rotatable bonds is 4. The SMILES string of the molecule is Nc1ccc2ncn(-c3ncc4c(n3)n([C@@H]3CC[C@@H](O)c5ccccc53)c(=O)n4Cc3ccncc3)c2c1. The van der Waals surface area contributed by atoms with Gasteiger partial charge in [-0.05, 0) is 59.9 Å². The molecule has 0 saturated carbocycles. The van der Waals surface area contributed by atoms with Gasteiger partial charge in [0.15, 0.2) is 5.65 Å². The minimum atomic E-state index is -0.559. The fraction of sp³-hybridized carbons (Fsp3) is 0.179. The number of aliphatic hydroxyl groups is 1. The van der Waals surface area contributed by atoms with Crippen molar-refractivity contribution in [2.24, 2.45) is 0 Å². The summed E-state index contributed by atoms with van der Waals surface area (Å²) in [5.41, 5.74) is 11.9. The third-order valence-electron chi connectivity index (χ3n) is 7.31. The molecule has 38 heavy (non-hydrogen) atoms. The first-order valence-corrected chi connectivity index (χ1v) is 12.4. The highest BCUT2D eigenvalue weighted by Crippen LogP contribution is 2.38. The molecule has 0 spiro atoms. The molecule has 0 aliphatic heterocycles. The number of nitrogens with zero attached hydrogens (tertiary/aromatic N) is 7. The van der Waals surface area contributed by atoms with Gasteiger partial charge in [-0.15, -0.1) is 0 Å². The highest BCUT2D eigenvalue weighted by Gasteiger charge is 2.31. The van der Waals surface area contributed by atoms with E-state index < -0.39 is 6.10 Å². The van der Waals surface area contributed by atoms with Gasteiger partial charge in [0.05, 0.1) is 35.9 Å². The van der Waals surface area contributed by atoms with Crippen LogP contribution < -0.4 is 11.4 Å². The van der Waals surface area contributed by atoms with Gasteiger partial charge in [-0.25, -0.2) is 14.8 Å². The predicted octanol–water partition coefficient (Wildman–Crippen LogP) is 3.37. The summed E-state index contributed by atoms with van der Waals surface area (Å²) in [6.07, 6.45) is 7.37. The number of anilines is 1. The first-order chi connectivity index (χ1) is 18.6. The van der Waals surface area contributed by atoms with Gasteiger partial charge in [0, 0.05) is 18.1 Å². The number of fused-ring (bicyclic) bond motifs is 3. The van der Waals surface area contributed by atoms with Crippen molar-refractivity contribution in [1.29, 1.82) is 0 Å². The zero-order chi connectivity index (χ0) is 25.8. The number of nitrogens with two attached hydrogens (primary N) is 1. The van der Waals surface area contributed by atoms with Crippen LogP contribution in [0.15, 0.2) is 84.3 Å². The number of hydrogen-bond acceptors (Lipinski definition) is 7. The smallest absolute Gasteiger partial charge is 0.331 e. The zero-order valence-corrected chi connectivity index (χ0v) is 20.3. The van der Waals surface area contributed by atoms with Crippen LogP contribution in [0.25, 0.3) is 28.1 Å². The lowest BCUT2D eigenvalue weighted by atomic mass is 9.85. The minimum absolute atomic E-state index is 0.181. The molecule has 2 atom stereocenters. The second-order valence-corrected chi connectivity index (χ2v) is 9.57. The van der Waals surface area contributed by atoms with Gasteiger partial charge in [0.25, 0.3) is 0 Å². The normalized spacial score (nSPS) is 17.2. The predicted molar refractivity (Wildman–Crippen MR) is 143 cm³/mol. The molecule has 0 unspecified atom stereocenters. The summed E-state index contributed by atoms with van der Waals surface area (Å²) in [5, 5.41) is 10.7. The van der Waals surface area contributed by atoms with E-state index in [4.69, 9.17) is 10.7 Å². The molecule has 1 aliphatic rings. The van der Waals surface area contributed by atoms with E-state index in [0.29, 0.717) is 42.2 Å². The number of aromatic nitrogens is 7. The van der Waals surface area contributed by atoms with E-state index in [1.165, 1.54) is 0 Å². The molecular formula is C28H24N8O2. The Kier molecular flexibility index (Phi) is 5.08. The van der Waals surface area contributed by atoms with E-state index in [1.807, 2.05) is 48.5 Å². The molecule has 0 radical (unpaired) electrons. The molecule has 10 heteroatoms. The summed E-state index contributed by atoms with van der Waals surface area (Å²) in [7, 11) is 0. The van der Waals surface area contributed by atoms with Gasteiger partial charge in [0.1, 0.15) is 11.8 Å². The quantitative estimate of drug-likeness (QED) is 0.352. The van der Waals surface area contributed by atoms with Gasteiger partial charge in [-0.3, -0.25) is 18.7 Å². The first-order valence-electron chi connectivity index (χ1n) is 12.4. The zero-order valence-electron chi connectivity index (χ0n) is 20.3. The third-order valence-corrected chi connectivity index (χ3v) is 7.31. The topological polar surface area (TPSA) is 130 Å². The van der Waals surface area contributed by atoms with Crippen LogP contribution in [-0.2, 0) is 6.54 Å². The summed E-state index contributed by atoms with van der Waals surface area (Å²) in [4.78, 5) is 32.2. The Hall–Kier alpha value is -4.83. The minimum Gasteiger partial charge on any atom is -0.399 e. The van der Waals surface area contributed by atoms with Crippen LogP contribution in [0, 0.1) is 0 Å². The van der Waals surface area contributed by atoms with Crippen LogP contribution >= 0.6 is 0 Å². The molecule has 0 fully saturated rings. The standard InChI is InChI=1S/C28H24N8O2/c29-18-5-6-21-23(13-18)35(16-32-21)27-31-14-24-26(33-27)36(28(38)34(24)15-17-9-11-30-12-10-17)22-7-8-25(37)20-4-2-1-3-19(20)22/h1-6,9-14,16,22,25,37H,7-8,15,29H2/t22-,25-/m1/s1.